The molecule has 0 saturated carbocycles. The molecule has 0 saturated heterocycles. The van der Waals surface area contributed by atoms with Gasteiger partial charge in [0.05, 0.1) is 12.1 Å². The van der Waals surface area contributed by atoms with Gasteiger partial charge in [-0.3, -0.25) is 10.1 Å². The Bertz CT molecular complexity index is 1400. The van der Waals surface area contributed by atoms with Crippen LogP contribution in [-0.4, -0.2) is 51.1 Å². The highest BCUT2D eigenvalue weighted by atomic mass is 35.5. The summed E-state index contributed by atoms with van der Waals surface area (Å²) in [6, 6.07) is 13.8. The Labute approximate surface area is 210 Å². The zero-order valence-electron chi connectivity index (χ0n) is 18.5. The normalized spacial score (nSPS) is 11.4. The van der Waals surface area contributed by atoms with Gasteiger partial charge < -0.3 is 14.2 Å². The van der Waals surface area contributed by atoms with E-state index >= 15 is 0 Å². The molecule has 182 valence electrons. The second-order valence-electron chi connectivity index (χ2n) is 6.81. The van der Waals surface area contributed by atoms with Crippen molar-refractivity contribution in [3.63, 3.8) is 0 Å². The second-order valence-corrected chi connectivity index (χ2v) is 10.4. The van der Waals surface area contributed by atoms with Crippen molar-refractivity contribution in [3.05, 3.63) is 58.6 Å². The summed E-state index contributed by atoms with van der Waals surface area (Å²) >= 11 is 6.74. The van der Waals surface area contributed by atoms with Crippen LogP contribution in [0.1, 0.15) is 5.56 Å². The van der Waals surface area contributed by atoms with E-state index < -0.39 is 15.7 Å². The highest BCUT2D eigenvalue weighted by molar-refractivity contribution is 7.92. The van der Waals surface area contributed by atoms with Gasteiger partial charge in [-0.05, 0) is 35.9 Å². The van der Waals surface area contributed by atoms with E-state index in [2.05, 4.69) is 15.5 Å². The highest BCUT2D eigenvalue weighted by Crippen LogP contribution is 2.29. The molecule has 13 heteroatoms. The highest BCUT2D eigenvalue weighted by Gasteiger charge is 2.17. The number of anilines is 1. The summed E-state index contributed by atoms with van der Waals surface area (Å²) in [5.41, 5.74) is 0.271. The van der Waals surface area contributed by atoms with E-state index in [4.69, 9.17) is 25.8 Å². The van der Waals surface area contributed by atoms with Gasteiger partial charge in [0.25, 0.3) is 5.91 Å². The molecular formula is C22H19ClN4O6S2. The molecule has 0 spiro atoms. The smallest absolute Gasteiger partial charge is 0.268 e. The Morgan fingerprint density at radius 3 is 2.49 bits per heavy atom. The van der Waals surface area contributed by atoms with Crippen LogP contribution in [0.4, 0.5) is 5.13 Å². The van der Waals surface area contributed by atoms with Gasteiger partial charge in [-0.1, -0.05) is 41.1 Å². The first-order chi connectivity index (χ1) is 16.7. The fourth-order valence-corrected chi connectivity index (χ4v) is 4.34. The van der Waals surface area contributed by atoms with Gasteiger partial charge in [0, 0.05) is 6.26 Å². The number of amides is 1. The predicted molar refractivity (Wildman–Crippen MR) is 131 cm³/mol. The van der Waals surface area contributed by atoms with E-state index in [9.17, 15) is 18.5 Å². The summed E-state index contributed by atoms with van der Waals surface area (Å²) in [7, 11) is -2.09. The molecule has 1 aromatic heterocycles. The Kier molecular flexibility index (Phi) is 8.64. The monoisotopic (exact) mass is 534 g/mol. The van der Waals surface area contributed by atoms with Crippen molar-refractivity contribution in [1.29, 1.82) is 5.26 Å². The van der Waals surface area contributed by atoms with Crippen LogP contribution in [0.3, 0.4) is 0 Å². The molecule has 0 radical (unpaired) electrons. The number of carbonyl (C=O) groups is 1. The Morgan fingerprint density at radius 1 is 1.14 bits per heavy atom. The summed E-state index contributed by atoms with van der Waals surface area (Å²) < 4.78 is 39.4. The topological polar surface area (TPSA) is 140 Å². The minimum Gasteiger partial charge on any atom is -0.493 e. The lowest BCUT2D eigenvalue weighted by atomic mass is 10.1. The lowest BCUT2D eigenvalue weighted by Crippen LogP contribution is -2.13. The summed E-state index contributed by atoms with van der Waals surface area (Å²) in [6.45, 7) is 0.472. The lowest BCUT2D eigenvalue weighted by Gasteiger charge is -2.12. The molecular weight excluding hydrogens is 516 g/mol. The number of hydrogen-bond donors (Lipinski definition) is 1. The van der Waals surface area contributed by atoms with Crippen molar-refractivity contribution < 1.29 is 27.4 Å². The number of rotatable bonds is 10. The molecule has 3 aromatic rings. The molecule has 0 bridgehead atoms. The minimum absolute atomic E-state index is 0.0445. The first-order valence-corrected chi connectivity index (χ1v) is 12.9. The molecule has 0 atom stereocenters. The summed E-state index contributed by atoms with van der Waals surface area (Å²) in [4.78, 5) is 12.5. The van der Waals surface area contributed by atoms with Crippen molar-refractivity contribution in [2.75, 3.05) is 31.9 Å². The zero-order chi connectivity index (χ0) is 25.4. The van der Waals surface area contributed by atoms with Gasteiger partial charge in [-0.25, -0.2) is 8.42 Å². The number of nitrogens with one attached hydrogen (secondary N) is 1. The van der Waals surface area contributed by atoms with Gasteiger partial charge in [0.1, 0.15) is 30.6 Å². The maximum Gasteiger partial charge on any atom is 0.268 e. The maximum absolute atomic E-state index is 12.5. The first-order valence-electron chi connectivity index (χ1n) is 9.86. The lowest BCUT2D eigenvalue weighted by molar-refractivity contribution is -0.112. The third-order valence-corrected chi connectivity index (χ3v) is 7.06. The number of aromatic nitrogens is 2. The fraction of sp³-hybridized carbons (Fsp3) is 0.182. The number of nitrogens with zero attached hydrogens (tertiary/aromatic N) is 3. The Hall–Kier alpha value is -3.66. The Balaban J connectivity index is 1.65. The molecule has 10 nitrogen and oxygen atoms in total. The number of sulfone groups is 1. The maximum atomic E-state index is 12.5. The molecule has 0 aliphatic carbocycles. The van der Waals surface area contributed by atoms with Crippen molar-refractivity contribution in [2.24, 2.45) is 0 Å². The second kappa shape index (κ2) is 11.7. The molecule has 0 aliphatic rings. The number of para-hydroxylation sites is 1. The van der Waals surface area contributed by atoms with Gasteiger partial charge in [-0.2, -0.15) is 5.26 Å². The van der Waals surface area contributed by atoms with E-state index in [1.807, 2.05) is 12.1 Å². The number of ether oxygens (including phenoxy) is 3. The molecule has 0 unspecified atom stereocenters. The van der Waals surface area contributed by atoms with Crippen LogP contribution in [0.2, 0.25) is 5.02 Å². The number of halogens is 1. The molecule has 3 rings (SSSR count). The van der Waals surface area contributed by atoms with Gasteiger partial charge in [-0.15, -0.1) is 10.2 Å². The molecule has 0 aliphatic heterocycles. The average Bonchev–Trinajstić information content (AvgIpc) is 3.30. The molecule has 1 heterocycles. The van der Waals surface area contributed by atoms with Crippen LogP contribution >= 0.6 is 22.9 Å². The minimum atomic E-state index is -3.55. The standard InChI is InChI=1S/C22H19ClN4O6S2/c1-31-19-12-14(7-8-18(19)33-10-9-32-17-6-4-3-5-16(17)23)11-15(13-24)20(28)25-21-26-27-22(34-21)35(2,29)30/h3-8,11-12H,9-10H2,1-2H3,(H,25,26,28)/b15-11-. The summed E-state index contributed by atoms with van der Waals surface area (Å²) in [5.74, 6) is 0.613. The van der Waals surface area contributed by atoms with Gasteiger partial charge in [0.15, 0.2) is 11.5 Å². The number of nitriles is 1. The first kappa shape index (κ1) is 26.0. The van der Waals surface area contributed by atoms with E-state index in [-0.39, 0.29) is 28.3 Å². The molecule has 2 aromatic carbocycles. The third kappa shape index (κ3) is 7.16. The van der Waals surface area contributed by atoms with Crippen LogP contribution in [0.25, 0.3) is 6.08 Å². The zero-order valence-corrected chi connectivity index (χ0v) is 20.9. The molecule has 35 heavy (non-hydrogen) atoms. The van der Waals surface area contributed by atoms with Crippen LogP contribution in [0.15, 0.2) is 52.4 Å². The summed E-state index contributed by atoms with van der Waals surface area (Å²) in [6.07, 6.45) is 2.33. The number of benzene rings is 2. The van der Waals surface area contributed by atoms with Crippen LogP contribution in [0.5, 0.6) is 17.2 Å². The van der Waals surface area contributed by atoms with E-state index in [0.717, 1.165) is 6.26 Å². The van der Waals surface area contributed by atoms with Crippen molar-refractivity contribution >= 4 is 49.9 Å². The largest absolute Gasteiger partial charge is 0.493 e. The van der Waals surface area contributed by atoms with E-state index in [0.29, 0.717) is 39.2 Å². The van der Waals surface area contributed by atoms with Crippen molar-refractivity contribution in [2.45, 2.75) is 4.34 Å². The van der Waals surface area contributed by atoms with Crippen LogP contribution in [0, 0.1) is 11.3 Å². The fourth-order valence-electron chi connectivity index (χ4n) is 2.65. The van der Waals surface area contributed by atoms with E-state index in [1.165, 1.54) is 13.2 Å². The molecule has 1 N–H and O–H groups in total. The average molecular weight is 535 g/mol. The van der Waals surface area contributed by atoms with Crippen LogP contribution < -0.4 is 19.5 Å². The van der Waals surface area contributed by atoms with Gasteiger partial charge in [0.2, 0.25) is 19.3 Å². The van der Waals surface area contributed by atoms with Gasteiger partial charge >= 0.3 is 0 Å². The van der Waals surface area contributed by atoms with E-state index in [1.54, 1.807) is 36.4 Å². The molecule has 1 amide bonds. The Morgan fingerprint density at radius 2 is 1.86 bits per heavy atom. The number of methoxy groups -OCH3 is 1. The third-order valence-electron chi connectivity index (χ3n) is 4.24. The summed E-state index contributed by atoms with van der Waals surface area (Å²) in [5, 5.41) is 19.4. The number of hydrogen-bond acceptors (Lipinski definition) is 10. The SMILES string of the molecule is COc1cc(/C=C(/C#N)C(=O)Nc2nnc(S(C)(=O)=O)s2)ccc1OCCOc1ccccc1Cl. The van der Waals surface area contributed by atoms with Crippen molar-refractivity contribution in [3.8, 4) is 23.3 Å². The predicted octanol–water partition coefficient (Wildman–Crippen LogP) is 3.61. The van der Waals surface area contributed by atoms with Crippen LogP contribution in [-0.2, 0) is 14.6 Å². The van der Waals surface area contributed by atoms with Crippen molar-refractivity contribution in [1.82, 2.24) is 10.2 Å². The number of carbonyl (C=O) groups excluding carboxylic acids is 1. The quantitative estimate of drug-likeness (QED) is 0.179. The molecule has 0 fully saturated rings.